The minimum atomic E-state index is -0.227. The van der Waals surface area contributed by atoms with Gasteiger partial charge in [-0.3, -0.25) is 4.79 Å². The highest BCUT2D eigenvalue weighted by Gasteiger charge is 2.28. The molecule has 3 heterocycles. The largest absolute Gasteiger partial charge is 0.343 e. The third-order valence-electron chi connectivity index (χ3n) is 5.16. The number of thiophene rings is 1. The van der Waals surface area contributed by atoms with E-state index in [2.05, 4.69) is 33.6 Å². The Morgan fingerprint density at radius 2 is 2.07 bits per heavy atom. The Labute approximate surface area is 160 Å². The third kappa shape index (κ3) is 2.84. The van der Waals surface area contributed by atoms with Crippen molar-refractivity contribution in [2.24, 2.45) is 0 Å². The number of aromatic nitrogens is 1. The Morgan fingerprint density at radius 1 is 1.19 bits per heavy atom. The monoisotopic (exact) mass is 376 g/mol. The van der Waals surface area contributed by atoms with Gasteiger partial charge < -0.3 is 9.88 Å². The number of nitrogens with one attached hydrogen (secondary N) is 1. The van der Waals surface area contributed by atoms with Gasteiger partial charge in [0.25, 0.3) is 0 Å². The molecule has 1 aliphatic rings. The van der Waals surface area contributed by atoms with E-state index in [9.17, 15) is 9.18 Å². The lowest BCUT2D eigenvalue weighted by Crippen LogP contribution is -2.13. The first-order chi connectivity index (χ1) is 13.2. The number of hydrogen-bond acceptors (Lipinski definition) is 2. The maximum absolute atomic E-state index is 13.6. The molecule has 1 amide bonds. The summed E-state index contributed by atoms with van der Waals surface area (Å²) < 4.78 is 15.8. The molecule has 0 saturated heterocycles. The van der Waals surface area contributed by atoms with Crippen molar-refractivity contribution in [3.05, 3.63) is 88.0 Å². The van der Waals surface area contributed by atoms with Crippen LogP contribution < -0.4 is 5.32 Å². The Morgan fingerprint density at radius 3 is 2.89 bits per heavy atom. The van der Waals surface area contributed by atoms with E-state index < -0.39 is 0 Å². The van der Waals surface area contributed by atoms with Gasteiger partial charge in [0.15, 0.2) is 0 Å². The van der Waals surface area contributed by atoms with Gasteiger partial charge in [-0.15, -0.1) is 0 Å². The third-order valence-corrected chi connectivity index (χ3v) is 5.86. The quantitative estimate of drug-likeness (QED) is 0.513. The first-order valence-corrected chi connectivity index (χ1v) is 9.81. The fourth-order valence-electron chi connectivity index (χ4n) is 3.98. The highest BCUT2D eigenvalue weighted by Crippen LogP contribution is 2.41. The molecule has 4 aromatic rings. The van der Waals surface area contributed by atoms with Crippen molar-refractivity contribution < 1.29 is 9.18 Å². The van der Waals surface area contributed by atoms with Crippen LogP contribution in [0, 0.1) is 5.82 Å². The number of rotatable bonds is 3. The minimum Gasteiger partial charge on any atom is -0.343 e. The van der Waals surface area contributed by atoms with Gasteiger partial charge in [0, 0.05) is 30.5 Å². The molecule has 134 valence electrons. The topological polar surface area (TPSA) is 34.0 Å². The predicted octanol–water partition coefficient (Wildman–Crippen LogP) is 5.36. The summed E-state index contributed by atoms with van der Waals surface area (Å²) in [6.45, 7) is 0.585. The second kappa shape index (κ2) is 6.35. The molecule has 0 aliphatic carbocycles. The second-order valence-electron chi connectivity index (χ2n) is 6.90. The molecule has 3 nitrogen and oxygen atoms in total. The number of anilines is 1. The van der Waals surface area contributed by atoms with Gasteiger partial charge in [0.2, 0.25) is 5.91 Å². The summed E-state index contributed by atoms with van der Waals surface area (Å²) in [5.41, 5.74) is 5.12. The second-order valence-corrected chi connectivity index (χ2v) is 7.68. The van der Waals surface area contributed by atoms with Crippen LogP contribution in [-0.2, 0) is 11.3 Å². The van der Waals surface area contributed by atoms with Crippen molar-refractivity contribution in [2.75, 3.05) is 5.32 Å². The Hall–Kier alpha value is -2.92. The zero-order valence-electron chi connectivity index (χ0n) is 14.5. The number of carbonyl (C=O) groups is 1. The normalized spacial score (nSPS) is 16.3. The molecule has 2 aromatic carbocycles. The van der Waals surface area contributed by atoms with E-state index in [1.54, 1.807) is 23.5 Å². The summed E-state index contributed by atoms with van der Waals surface area (Å²) in [5, 5.41) is 8.29. The summed E-state index contributed by atoms with van der Waals surface area (Å²) in [7, 11) is 0. The summed E-state index contributed by atoms with van der Waals surface area (Å²) in [6.07, 6.45) is 2.55. The van der Waals surface area contributed by atoms with E-state index in [0.717, 1.165) is 33.3 Å². The van der Waals surface area contributed by atoms with E-state index in [0.29, 0.717) is 13.0 Å². The number of nitrogens with zero attached hydrogens (tertiary/aromatic N) is 1. The summed E-state index contributed by atoms with van der Waals surface area (Å²) in [4.78, 5) is 12.5. The van der Waals surface area contributed by atoms with Gasteiger partial charge >= 0.3 is 0 Å². The highest BCUT2D eigenvalue weighted by atomic mass is 32.1. The van der Waals surface area contributed by atoms with Crippen LogP contribution in [0.5, 0.6) is 0 Å². The molecule has 0 bridgehead atoms. The first kappa shape index (κ1) is 16.3. The van der Waals surface area contributed by atoms with E-state index in [4.69, 9.17) is 0 Å². The standard InChI is InChI=1S/C22H17FN2OS/c23-16-4-1-3-14(9-16)11-25-12-18-17(15-7-8-27-13-15)10-21(26)24-19-5-2-6-20(25)22(18)19/h1-9,12-13,17H,10-11H2,(H,24,26). The Balaban J connectivity index is 1.69. The van der Waals surface area contributed by atoms with Crippen LogP contribution >= 0.6 is 11.3 Å². The van der Waals surface area contributed by atoms with Crippen molar-refractivity contribution in [3.63, 3.8) is 0 Å². The van der Waals surface area contributed by atoms with Crippen molar-refractivity contribution in [2.45, 2.75) is 18.9 Å². The lowest BCUT2D eigenvalue weighted by molar-refractivity contribution is -0.116. The summed E-state index contributed by atoms with van der Waals surface area (Å²) in [5.74, 6) is -0.169. The zero-order valence-corrected chi connectivity index (χ0v) is 15.3. The molecular formula is C22H17FN2OS. The van der Waals surface area contributed by atoms with E-state index in [-0.39, 0.29) is 17.6 Å². The smallest absolute Gasteiger partial charge is 0.225 e. The van der Waals surface area contributed by atoms with Crippen molar-refractivity contribution in [1.29, 1.82) is 0 Å². The number of benzene rings is 2. The zero-order chi connectivity index (χ0) is 18.4. The number of halogens is 1. The van der Waals surface area contributed by atoms with Crippen LogP contribution in [0.25, 0.3) is 10.9 Å². The molecule has 1 atom stereocenters. The molecule has 5 heteroatoms. The van der Waals surface area contributed by atoms with E-state index >= 15 is 0 Å². The summed E-state index contributed by atoms with van der Waals surface area (Å²) in [6, 6.07) is 14.8. The van der Waals surface area contributed by atoms with Crippen LogP contribution in [0.15, 0.2) is 65.5 Å². The Kier molecular flexibility index (Phi) is 3.83. The molecule has 1 aliphatic heterocycles. The fourth-order valence-corrected chi connectivity index (χ4v) is 4.70. The molecule has 0 radical (unpaired) electrons. The van der Waals surface area contributed by atoms with Crippen molar-refractivity contribution in [3.8, 4) is 0 Å². The van der Waals surface area contributed by atoms with Gasteiger partial charge in [0.05, 0.1) is 11.2 Å². The van der Waals surface area contributed by atoms with Crippen LogP contribution in [0.1, 0.15) is 29.0 Å². The molecule has 27 heavy (non-hydrogen) atoms. The number of amides is 1. The average Bonchev–Trinajstić information content (AvgIpc) is 3.26. The maximum atomic E-state index is 13.6. The fraction of sp³-hybridized carbons (Fsp3) is 0.136. The molecular weight excluding hydrogens is 359 g/mol. The van der Waals surface area contributed by atoms with Crippen molar-refractivity contribution >= 4 is 33.8 Å². The summed E-state index contributed by atoms with van der Waals surface area (Å²) >= 11 is 1.64. The average molecular weight is 376 g/mol. The predicted molar refractivity (Wildman–Crippen MR) is 107 cm³/mol. The molecule has 0 fully saturated rings. The van der Waals surface area contributed by atoms with Crippen LogP contribution in [-0.4, -0.2) is 10.5 Å². The van der Waals surface area contributed by atoms with E-state index in [1.807, 2.05) is 23.6 Å². The Bertz CT molecular complexity index is 1150. The van der Waals surface area contributed by atoms with Gasteiger partial charge in [-0.2, -0.15) is 11.3 Å². The van der Waals surface area contributed by atoms with Gasteiger partial charge in [-0.25, -0.2) is 4.39 Å². The lowest BCUT2D eigenvalue weighted by atomic mass is 9.90. The molecule has 1 unspecified atom stereocenters. The molecule has 1 N–H and O–H groups in total. The van der Waals surface area contributed by atoms with Crippen molar-refractivity contribution in [1.82, 2.24) is 4.57 Å². The minimum absolute atomic E-state index is 0.0242. The van der Waals surface area contributed by atoms with Crippen LogP contribution in [0.2, 0.25) is 0 Å². The van der Waals surface area contributed by atoms with Crippen LogP contribution in [0.4, 0.5) is 10.1 Å². The number of carbonyl (C=O) groups excluding carboxylic acids is 1. The number of hydrogen-bond donors (Lipinski definition) is 1. The first-order valence-electron chi connectivity index (χ1n) is 8.87. The highest BCUT2D eigenvalue weighted by molar-refractivity contribution is 7.08. The van der Waals surface area contributed by atoms with Gasteiger partial charge in [-0.05, 0) is 57.8 Å². The molecule has 2 aromatic heterocycles. The SMILES string of the molecule is O=C1CC(c2ccsc2)c2cn(Cc3cccc(F)c3)c3cccc(c23)N1. The molecule has 5 rings (SSSR count). The van der Waals surface area contributed by atoms with Crippen LogP contribution in [0.3, 0.4) is 0 Å². The lowest BCUT2D eigenvalue weighted by Gasteiger charge is -2.12. The van der Waals surface area contributed by atoms with Gasteiger partial charge in [0.1, 0.15) is 5.82 Å². The molecule has 0 saturated carbocycles. The maximum Gasteiger partial charge on any atom is 0.225 e. The van der Waals surface area contributed by atoms with E-state index in [1.165, 1.54) is 6.07 Å². The molecule has 0 spiro atoms. The van der Waals surface area contributed by atoms with Gasteiger partial charge in [-0.1, -0.05) is 18.2 Å².